The van der Waals surface area contributed by atoms with Gasteiger partial charge in [0.2, 0.25) is 0 Å². The number of anilines is 1. The Hall–Kier alpha value is -0.570. The summed E-state index contributed by atoms with van der Waals surface area (Å²) in [5, 5.41) is 0.715. The molecule has 0 aliphatic carbocycles. The van der Waals surface area contributed by atoms with Gasteiger partial charge in [-0.2, -0.15) is 0 Å². The van der Waals surface area contributed by atoms with E-state index in [1.165, 1.54) is 25.7 Å². The average Bonchev–Trinajstić information content (AvgIpc) is 2.63. The molecule has 0 saturated carbocycles. The SMILES string of the molecule is CCC1CCCCCN1c1c(F)cccc1CBr. The first-order valence-corrected chi connectivity index (χ1v) is 8.00. The Kier molecular flexibility index (Phi) is 5.04. The summed E-state index contributed by atoms with van der Waals surface area (Å²) >= 11 is 3.48. The maximum Gasteiger partial charge on any atom is 0.146 e. The van der Waals surface area contributed by atoms with Crippen LogP contribution in [0.15, 0.2) is 18.2 Å². The van der Waals surface area contributed by atoms with Crippen molar-refractivity contribution in [1.82, 2.24) is 0 Å². The minimum Gasteiger partial charge on any atom is -0.366 e. The van der Waals surface area contributed by atoms with E-state index in [0.29, 0.717) is 11.4 Å². The number of hydrogen-bond donors (Lipinski definition) is 0. The van der Waals surface area contributed by atoms with Crippen molar-refractivity contribution in [3.63, 3.8) is 0 Å². The largest absolute Gasteiger partial charge is 0.366 e. The summed E-state index contributed by atoms with van der Waals surface area (Å²) in [6, 6.07) is 5.89. The first kappa shape index (κ1) is 13.9. The van der Waals surface area contributed by atoms with Crippen molar-refractivity contribution in [2.45, 2.75) is 50.4 Å². The van der Waals surface area contributed by atoms with Gasteiger partial charge in [-0.3, -0.25) is 0 Å². The topological polar surface area (TPSA) is 3.24 Å². The highest BCUT2D eigenvalue weighted by Gasteiger charge is 2.23. The zero-order valence-electron chi connectivity index (χ0n) is 11.0. The van der Waals surface area contributed by atoms with Gasteiger partial charge in [0.1, 0.15) is 5.82 Å². The second-order valence-electron chi connectivity index (χ2n) is 4.99. The Labute approximate surface area is 118 Å². The van der Waals surface area contributed by atoms with Crippen molar-refractivity contribution in [2.75, 3.05) is 11.4 Å². The van der Waals surface area contributed by atoms with Crippen LogP contribution in [0.2, 0.25) is 0 Å². The third-order valence-electron chi connectivity index (χ3n) is 3.85. The Morgan fingerprint density at radius 2 is 2.17 bits per heavy atom. The Balaban J connectivity index is 2.37. The fraction of sp³-hybridized carbons (Fsp3) is 0.600. The lowest BCUT2D eigenvalue weighted by Gasteiger charge is -2.33. The third kappa shape index (κ3) is 2.87. The predicted octanol–water partition coefficient (Wildman–Crippen LogP) is 4.88. The van der Waals surface area contributed by atoms with Crippen molar-refractivity contribution in [1.29, 1.82) is 0 Å². The molecule has 1 aliphatic rings. The summed E-state index contributed by atoms with van der Waals surface area (Å²) in [4.78, 5) is 2.30. The maximum atomic E-state index is 14.2. The van der Waals surface area contributed by atoms with Gasteiger partial charge in [0, 0.05) is 17.9 Å². The molecule has 1 heterocycles. The highest BCUT2D eigenvalue weighted by molar-refractivity contribution is 9.08. The number of benzene rings is 1. The first-order chi connectivity index (χ1) is 8.77. The number of nitrogens with zero attached hydrogens (tertiary/aromatic N) is 1. The molecule has 0 radical (unpaired) electrons. The fourth-order valence-electron chi connectivity index (χ4n) is 2.89. The average molecular weight is 314 g/mol. The van der Waals surface area contributed by atoms with E-state index in [2.05, 4.69) is 27.8 Å². The monoisotopic (exact) mass is 313 g/mol. The number of alkyl halides is 1. The van der Waals surface area contributed by atoms with Crippen LogP contribution >= 0.6 is 15.9 Å². The molecular weight excluding hydrogens is 293 g/mol. The van der Waals surface area contributed by atoms with Gasteiger partial charge in [-0.15, -0.1) is 0 Å². The number of halogens is 2. The van der Waals surface area contributed by atoms with E-state index in [4.69, 9.17) is 0 Å². The third-order valence-corrected chi connectivity index (χ3v) is 4.45. The summed E-state index contributed by atoms with van der Waals surface area (Å²) in [5.74, 6) is -0.0766. The van der Waals surface area contributed by atoms with E-state index >= 15 is 0 Å². The number of rotatable bonds is 3. The molecule has 1 nitrogen and oxygen atoms in total. The lowest BCUT2D eigenvalue weighted by atomic mass is 10.1. The molecule has 0 N–H and O–H groups in total. The summed E-state index contributed by atoms with van der Waals surface area (Å²) in [6.07, 6.45) is 5.99. The summed E-state index contributed by atoms with van der Waals surface area (Å²) in [6.45, 7) is 3.19. The molecule has 0 bridgehead atoms. The van der Waals surface area contributed by atoms with Gasteiger partial charge < -0.3 is 4.90 Å². The molecule has 3 heteroatoms. The number of hydrogen-bond acceptors (Lipinski definition) is 1. The lowest BCUT2D eigenvalue weighted by Crippen LogP contribution is -2.35. The van der Waals surface area contributed by atoms with E-state index in [9.17, 15) is 4.39 Å². The molecule has 1 aliphatic heterocycles. The van der Waals surface area contributed by atoms with Crippen molar-refractivity contribution in [3.05, 3.63) is 29.6 Å². The summed E-state index contributed by atoms with van der Waals surface area (Å²) in [5.41, 5.74) is 1.89. The number of para-hydroxylation sites is 1. The van der Waals surface area contributed by atoms with Gasteiger partial charge in [-0.25, -0.2) is 4.39 Å². The standard InChI is InChI=1S/C15H21BrFN/c1-2-13-8-4-3-5-10-18(13)15-12(11-16)7-6-9-14(15)17/h6-7,9,13H,2-5,8,10-11H2,1H3. The molecule has 0 aromatic heterocycles. The van der Waals surface area contributed by atoms with Gasteiger partial charge in [0.25, 0.3) is 0 Å². The zero-order valence-corrected chi connectivity index (χ0v) is 12.5. The molecule has 1 fully saturated rings. The van der Waals surface area contributed by atoms with Crippen LogP contribution in [0.3, 0.4) is 0 Å². The molecule has 1 aromatic carbocycles. The van der Waals surface area contributed by atoms with Crippen LogP contribution in [-0.2, 0) is 5.33 Å². The molecule has 1 unspecified atom stereocenters. The molecule has 18 heavy (non-hydrogen) atoms. The fourth-order valence-corrected chi connectivity index (χ4v) is 3.34. The second-order valence-corrected chi connectivity index (χ2v) is 5.55. The van der Waals surface area contributed by atoms with Crippen LogP contribution in [0.1, 0.15) is 44.6 Å². The Morgan fingerprint density at radius 3 is 2.89 bits per heavy atom. The highest BCUT2D eigenvalue weighted by Crippen LogP contribution is 2.32. The zero-order chi connectivity index (χ0) is 13.0. The van der Waals surface area contributed by atoms with Gasteiger partial charge in [0.05, 0.1) is 5.69 Å². The van der Waals surface area contributed by atoms with Gasteiger partial charge in [0.15, 0.2) is 0 Å². The lowest BCUT2D eigenvalue weighted by molar-refractivity contribution is 0.538. The highest BCUT2D eigenvalue weighted by atomic mass is 79.9. The van der Waals surface area contributed by atoms with Crippen LogP contribution in [-0.4, -0.2) is 12.6 Å². The van der Waals surface area contributed by atoms with E-state index in [-0.39, 0.29) is 5.82 Å². The molecular formula is C15H21BrFN. The first-order valence-electron chi connectivity index (χ1n) is 6.88. The smallest absolute Gasteiger partial charge is 0.146 e. The Morgan fingerprint density at radius 1 is 1.33 bits per heavy atom. The quantitative estimate of drug-likeness (QED) is 0.719. The van der Waals surface area contributed by atoms with Crippen molar-refractivity contribution in [2.24, 2.45) is 0 Å². The van der Waals surface area contributed by atoms with Crippen LogP contribution in [0.4, 0.5) is 10.1 Å². The minimum absolute atomic E-state index is 0.0766. The minimum atomic E-state index is -0.0766. The van der Waals surface area contributed by atoms with E-state index < -0.39 is 0 Å². The molecule has 1 atom stereocenters. The van der Waals surface area contributed by atoms with E-state index in [1.807, 2.05) is 6.07 Å². The summed E-state index contributed by atoms with van der Waals surface area (Å²) < 4.78 is 14.2. The molecule has 2 rings (SSSR count). The maximum absolute atomic E-state index is 14.2. The van der Waals surface area contributed by atoms with Crippen LogP contribution in [0.25, 0.3) is 0 Å². The van der Waals surface area contributed by atoms with Crippen LogP contribution in [0, 0.1) is 5.82 Å². The Bertz CT molecular complexity index is 394. The van der Waals surface area contributed by atoms with E-state index in [1.54, 1.807) is 12.1 Å². The van der Waals surface area contributed by atoms with Crippen molar-refractivity contribution < 1.29 is 4.39 Å². The molecule has 1 aromatic rings. The molecule has 100 valence electrons. The van der Waals surface area contributed by atoms with Crippen LogP contribution in [0.5, 0.6) is 0 Å². The van der Waals surface area contributed by atoms with Crippen LogP contribution < -0.4 is 4.90 Å². The van der Waals surface area contributed by atoms with Gasteiger partial charge >= 0.3 is 0 Å². The summed E-state index contributed by atoms with van der Waals surface area (Å²) in [7, 11) is 0. The van der Waals surface area contributed by atoms with E-state index in [0.717, 1.165) is 24.2 Å². The molecule has 1 saturated heterocycles. The normalized spacial score (nSPS) is 20.8. The molecule has 0 amide bonds. The van der Waals surface area contributed by atoms with Crippen molar-refractivity contribution >= 4 is 21.6 Å². The second kappa shape index (κ2) is 6.55. The van der Waals surface area contributed by atoms with Crippen molar-refractivity contribution in [3.8, 4) is 0 Å². The van der Waals surface area contributed by atoms with Gasteiger partial charge in [-0.05, 0) is 30.9 Å². The predicted molar refractivity (Wildman–Crippen MR) is 78.9 cm³/mol. The van der Waals surface area contributed by atoms with Gasteiger partial charge in [-0.1, -0.05) is 47.8 Å². The molecule has 0 spiro atoms.